The summed E-state index contributed by atoms with van der Waals surface area (Å²) in [5.41, 5.74) is 2.53. The van der Waals surface area contributed by atoms with Gasteiger partial charge >= 0.3 is 0 Å². The van der Waals surface area contributed by atoms with E-state index in [2.05, 4.69) is 35.5 Å². The largest absolute Gasteiger partial charge is 0.261 e. The second kappa shape index (κ2) is 3.97. The third kappa shape index (κ3) is 1.94. The van der Waals surface area contributed by atoms with E-state index in [1.165, 1.54) is 11.3 Å². The molecule has 0 radical (unpaired) electrons. The van der Waals surface area contributed by atoms with E-state index in [0.717, 1.165) is 12.8 Å². The number of allylic oxidation sites excluding steroid dienone is 1. The lowest BCUT2D eigenvalue weighted by molar-refractivity contribution is 0.952. The lowest BCUT2D eigenvalue weighted by Crippen LogP contribution is -1.92. The van der Waals surface area contributed by atoms with Crippen LogP contribution in [0.2, 0.25) is 0 Å². The van der Waals surface area contributed by atoms with Crippen LogP contribution in [0.5, 0.6) is 0 Å². The Balaban J connectivity index is 2.13. The Morgan fingerprint density at radius 2 is 2.46 bits per heavy atom. The van der Waals surface area contributed by atoms with E-state index in [1.807, 2.05) is 18.0 Å². The van der Waals surface area contributed by atoms with E-state index in [-0.39, 0.29) is 0 Å². The molecule has 68 valence electrons. The monoisotopic (exact) mass is 191 g/mol. The Morgan fingerprint density at radius 3 is 3.00 bits per heavy atom. The molecule has 0 saturated carbocycles. The number of hydrogen-bond donors (Lipinski definition) is 0. The number of nitrogens with zero attached hydrogens (tertiary/aromatic N) is 1. The lowest BCUT2D eigenvalue weighted by Gasteiger charge is -2.08. The first-order valence-electron chi connectivity index (χ1n) is 4.65. The number of pyridine rings is 1. The summed E-state index contributed by atoms with van der Waals surface area (Å²) in [6.07, 6.45) is 6.42. The predicted molar refractivity (Wildman–Crippen MR) is 57.7 cm³/mol. The zero-order chi connectivity index (χ0) is 9.10. The minimum atomic E-state index is 0.610. The first kappa shape index (κ1) is 8.82. The Labute approximate surface area is 83.3 Å². The summed E-state index contributed by atoms with van der Waals surface area (Å²) in [5.74, 6) is 0. The van der Waals surface area contributed by atoms with Crippen molar-refractivity contribution in [2.75, 3.05) is 0 Å². The average molecular weight is 191 g/mol. The normalized spacial score (nSPS) is 20.8. The third-order valence-electron chi connectivity index (χ3n) is 2.27. The molecule has 2 heterocycles. The molecular weight excluding hydrogens is 178 g/mol. The topological polar surface area (TPSA) is 12.9 Å². The highest BCUT2D eigenvalue weighted by Gasteiger charge is 2.13. The maximum Gasteiger partial charge on any atom is 0.0401 e. The second-order valence-electron chi connectivity index (χ2n) is 3.17. The molecule has 0 fully saturated rings. The van der Waals surface area contributed by atoms with E-state index >= 15 is 0 Å². The average Bonchev–Trinajstić information content (AvgIpc) is 2.71. The van der Waals surface area contributed by atoms with Crippen LogP contribution in [0.4, 0.5) is 0 Å². The van der Waals surface area contributed by atoms with Gasteiger partial charge in [-0.2, -0.15) is 0 Å². The smallest absolute Gasteiger partial charge is 0.0401 e. The van der Waals surface area contributed by atoms with Crippen LogP contribution in [-0.4, -0.2) is 4.98 Å². The Bertz CT molecular complexity index is 294. The molecule has 0 spiro atoms. The van der Waals surface area contributed by atoms with E-state index in [1.54, 1.807) is 0 Å². The van der Waals surface area contributed by atoms with Crippen LogP contribution in [0.1, 0.15) is 29.9 Å². The fraction of sp³-hybridized carbons (Fsp3) is 0.364. The van der Waals surface area contributed by atoms with Crippen LogP contribution >= 0.6 is 11.8 Å². The highest BCUT2D eigenvalue weighted by molar-refractivity contribution is 8.02. The summed E-state index contributed by atoms with van der Waals surface area (Å²) in [6, 6.07) is 4.34. The summed E-state index contributed by atoms with van der Waals surface area (Å²) in [6.45, 7) is 2.13. The van der Waals surface area contributed by atoms with Crippen molar-refractivity contribution in [1.82, 2.24) is 4.98 Å². The highest BCUT2D eigenvalue weighted by atomic mass is 32.2. The van der Waals surface area contributed by atoms with Gasteiger partial charge in [-0.1, -0.05) is 19.1 Å². The van der Waals surface area contributed by atoms with Crippen LogP contribution < -0.4 is 0 Å². The molecule has 1 nitrogen and oxygen atoms in total. The van der Waals surface area contributed by atoms with E-state index in [4.69, 9.17) is 0 Å². The molecule has 1 aromatic rings. The molecule has 0 N–H and O–H groups in total. The first-order chi connectivity index (χ1) is 6.40. The number of hydrogen-bond acceptors (Lipinski definition) is 2. The molecule has 0 aromatic carbocycles. The van der Waals surface area contributed by atoms with Crippen molar-refractivity contribution in [2.24, 2.45) is 0 Å². The Hall–Kier alpha value is -0.760. The lowest BCUT2D eigenvalue weighted by atomic mass is 10.1. The molecule has 2 rings (SSSR count). The van der Waals surface area contributed by atoms with Gasteiger partial charge in [-0.15, -0.1) is 11.8 Å². The van der Waals surface area contributed by atoms with Gasteiger partial charge in [0.05, 0.1) is 0 Å². The summed E-state index contributed by atoms with van der Waals surface area (Å²) in [5, 5.41) is 2.79. The molecule has 1 aliphatic heterocycles. The zero-order valence-electron chi connectivity index (χ0n) is 7.73. The molecule has 1 aromatic heterocycles. The summed E-state index contributed by atoms with van der Waals surface area (Å²) >= 11 is 1.89. The van der Waals surface area contributed by atoms with E-state index < -0.39 is 0 Å². The van der Waals surface area contributed by atoms with Crippen LogP contribution in [0.3, 0.4) is 0 Å². The maximum absolute atomic E-state index is 4.40. The van der Waals surface area contributed by atoms with Crippen molar-refractivity contribution in [3.05, 3.63) is 41.1 Å². The van der Waals surface area contributed by atoms with Gasteiger partial charge in [0.25, 0.3) is 0 Å². The maximum atomic E-state index is 4.40. The Kier molecular flexibility index (Phi) is 2.69. The summed E-state index contributed by atoms with van der Waals surface area (Å²) < 4.78 is 0. The van der Waals surface area contributed by atoms with Gasteiger partial charge < -0.3 is 0 Å². The van der Waals surface area contributed by atoms with E-state index in [9.17, 15) is 0 Å². The van der Waals surface area contributed by atoms with Crippen molar-refractivity contribution < 1.29 is 0 Å². The fourth-order valence-electron chi connectivity index (χ4n) is 1.44. The van der Waals surface area contributed by atoms with Crippen molar-refractivity contribution in [1.29, 1.82) is 0 Å². The molecule has 0 aliphatic carbocycles. The molecule has 1 aliphatic rings. The van der Waals surface area contributed by atoms with Crippen molar-refractivity contribution in [2.45, 2.75) is 25.0 Å². The van der Waals surface area contributed by atoms with Crippen LogP contribution in [0, 0.1) is 0 Å². The molecule has 0 bridgehead atoms. The Morgan fingerprint density at radius 1 is 1.54 bits per heavy atom. The van der Waals surface area contributed by atoms with Crippen LogP contribution in [0.25, 0.3) is 0 Å². The predicted octanol–water partition coefficient (Wildman–Crippen LogP) is 3.34. The minimum absolute atomic E-state index is 0.610. The van der Waals surface area contributed by atoms with Crippen LogP contribution in [0.15, 0.2) is 29.8 Å². The van der Waals surface area contributed by atoms with Gasteiger partial charge in [0.15, 0.2) is 0 Å². The van der Waals surface area contributed by atoms with E-state index in [0.29, 0.717) is 5.25 Å². The highest BCUT2D eigenvalue weighted by Crippen LogP contribution is 2.37. The molecule has 1 unspecified atom stereocenters. The first-order valence-corrected chi connectivity index (χ1v) is 5.59. The zero-order valence-corrected chi connectivity index (χ0v) is 8.55. The fourth-order valence-corrected chi connectivity index (χ4v) is 2.37. The van der Waals surface area contributed by atoms with Gasteiger partial charge in [-0.05, 0) is 29.9 Å². The SMILES string of the molecule is CCc1ccc(C2CC=CS2)cn1. The van der Waals surface area contributed by atoms with Crippen molar-refractivity contribution >= 4 is 11.8 Å². The molecule has 2 heteroatoms. The quantitative estimate of drug-likeness (QED) is 0.711. The van der Waals surface area contributed by atoms with Gasteiger partial charge in [-0.25, -0.2) is 0 Å². The molecule has 1 atom stereocenters. The van der Waals surface area contributed by atoms with Gasteiger partial charge in [0, 0.05) is 17.1 Å². The number of thioether (sulfide) groups is 1. The van der Waals surface area contributed by atoms with Crippen molar-refractivity contribution in [3.63, 3.8) is 0 Å². The van der Waals surface area contributed by atoms with Gasteiger partial charge in [-0.3, -0.25) is 4.98 Å². The molecule has 13 heavy (non-hydrogen) atoms. The number of aromatic nitrogens is 1. The third-order valence-corrected chi connectivity index (χ3v) is 3.41. The molecular formula is C11H13NS. The number of aryl methyl sites for hydroxylation is 1. The minimum Gasteiger partial charge on any atom is -0.261 e. The number of rotatable bonds is 2. The van der Waals surface area contributed by atoms with Gasteiger partial charge in [0.1, 0.15) is 0 Å². The van der Waals surface area contributed by atoms with Gasteiger partial charge in [0.2, 0.25) is 0 Å². The summed E-state index contributed by atoms with van der Waals surface area (Å²) in [4.78, 5) is 4.40. The van der Waals surface area contributed by atoms with Crippen molar-refractivity contribution in [3.8, 4) is 0 Å². The summed E-state index contributed by atoms with van der Waals surface area (Å²) in [7, 11) is 0. The van der Waals surface area contributed by atoms with Crippen LogP contribution in [-0.2, 0) is 6.42 Å². The molecule has 0 saturated heterocycles. The second-order valence-corrected chi connectivity index (χ2v) is 4.28. The molecule has 0 amide bonds. The standard InChI is InChI=1S/C11H13NS/c1-2-10-6-5-9(8-12-10)11-4-3-7-13-11/h3,5-8,11H,2,4H2,1H3.